The molecule has 7 nitrogen and oxygen atoms in total. The van der Waals surface area contributed by atoms with Crippen LogP contribution in [0.5, 0.6) is 0 Å². The van der Waals surface area contributed by atoms with E-state index in [9.17, 15) is 4.79 Å². The van der Waals surface area contributed by atoms with Gasteiger partial charge in [0.05, 0.1) is 25.0 Å². The van der Waals surface area contributed by atoms with Crippen molar-refractivity contribution in [3.05, 3.63) is 42.2 Å². The highest BCUT2D eigenvalue weighted by atomic mass is 16.5. The Labute approximate surface area is 123 Å². The average molecular weight is 289 g/mol. The minimum Gasteiger partial charge on any atom is -0.383 e. The highest BCUT2D eigenvalue weighted by Gasteiger charge is 2.18. The van der Waals surface area contributed by atoms with E-state index in [0.717, 1.165) is 5.69 Å². The van der Waals surface area contributed by atoms with E-state index in [4.69, 9.17) is 10.5 Å². The number of rotatable bonds is 6. The van der Waals surface area contributed by atoms with Crippen molar-refractivity contribution in [2.24, 2.45) is 5.73 Å². The predicted molar refractivity (Wildman–Crippen MR) is 77.7 cm³/mol. The molecule has 1 atom stereocenters. The second kappa shape index (κ2) is 6.96. The molecule has 1 amide bonds. The molecule has 1 heterocycles. The zero-order valence-electron chi connectivity index (χ0n) is 12.1. The molecule has 2 aromatic rings. The topological polar surface area (TPSA) is 86.3 Å². The largest absolute Gasteiger partial charge is 0.383 e. The molecule has 0 aliphatic carbocycles. The maximum atomic E-state index is 12.0. The standard InChI is InChI=1S/C14H19N5O2/c1-18(14(20)13(15)10-21-2)9-11-8-16-19(17-11)12-6-4-3-5-7-12/h3-8,13H,9-10,15H2,1-2H3. The van der Waals surface area contributed by atoms with Crippen molar-refractivity contribution in [1.29, 1.82) is 0 Å². The third kappa shape index (κ3) is 3.87. The number of amides is 1. The zero-order chi connectivity index (χ0) is 15.2. The van der Waals surface area contributed by atoms with Crippen LogP contribution in [-0.4, -0.2) is 52.6 Å². The fourth-order valence-electron chi connectivity index (χ4n) is 1.91. The van der Waals surface area contributed by atoms with Crippen LogP contribution in [0, 0.1) is 0 Å². The molecule has 1 aromatic heterocycles. The van der Waals surface area contributed by atoms with Crippen LogP contribution < -0.4 is 5.73 Å². The summed E-state index contributed by atoms with van der Waals surface area (Å²) >= 11 is 0. The van der Waals surface area contributed by atoms with Gasteiger partial charge in [0.25, 0.3) is 0 Å². The number of likely N-dealkylation sites (N-methyl/N-ethyl adjacent to an activating group) is 1. The monoisotopic (exact) mass is 289 g/mol. The summed E-state index contributed by atoms with van der Waals surface area (Å²) in [5.74, 6) is -0.189. The number of aromatic nitrogens is 3. The molecule has 0 aliphatic heterocycles. The molecule has 0 radical (unpaired) electrons. The normalized spacial score (nSPS) is 12.1. The van der Waals surface area contributed by atoms with Gasteiger partial charge < -0.3 is 15.4 Å². The smallest absolute Gasteiger partial charge is 0.241 e. The van der Waals surface area contributed by atoms with E-state index in [-0.39, 0.29) is 12.5 Å². The lowest BCUT2D eigenvalue weighted by atomic mass is 10.3. The van der Waals surface area contributed by atoms with Crippen molar-refractivity contribution in [2.45, 2.75) is 12.6 Å². The summed E-state index contributed by atoms with van der Waals surface area (Å²) in [5, 5.41) is 8.54. The number of ether oxygens (including phenoxy) is 1. The fraction of sp³-hybridized carbons (Fsp3) is 0.357. The van der Waals surface area contributed by atoms with Crippen molar-refractivity contribution in [3.8, 4) is 5.69 Å². The van der Waals surface area contributed by atoms with Crippen LogP contribution >= 0.6 is 0 Å². The van der Waals surface area contributed by atoms with Crippen LogP contribution in [0.3, 0.4) is 0 Å². The maximum absolute atomic E-state index is 12.0. The molecular weight excluding hydrogens is 270 g/mol. The molecule has 1 aromatic carbocycles. The summed E-state index contributed by atoms with van der Waals surface area (Å²) < 4.78 is 4.88. The summed E-state index contributed by atoms with van der Waals surface area (Å²) in [6.45, 7) is 0.545. The maximum Gasteiger partial charge on any atom is 0.241 e. The van der Waals surface area contributed by atoms with E-state index in [0.29, 0.717) is 12.2 Å². The Morgan fingerprint density at radius 1 is 1.43 bits per heavy atom. The van der Waals surface area contributed by atoms with Crippen LogP contribution in [0.15, 0.2) is 36.5 Å². The molecular formula is C14H19N5O2. The lowest BCUT2D eigenvalue weighted by Gasteiger charge is -2.19. The number of carbonyl (C=O) groups is 1. The lowest BCUT2D eigenvalue weighted by Crippen LogP contribution is -2.44. The first-order chi connectivity index (χ1) is 10.1. The quantitative estimate of drug-likeness (QED) is 0.821. The number of benzene rings is 1. The average Bonchev–Trinajstić information content (AvgIpc) is 2.96. The molecule has 0 fully saturated rings. The van der Waals surface area contributed by atoms with Gasteiger partial charge in [-0.15, -0.1) is 0 Å². The minimum atomic E-state index is -0.663. The minimum absolute atomic E-state index is 0.189. The van der Waals surface area contributed by atoms with Gasteiger partial charge in [-0.1, -0.05) is 18.2 Å². The number of nitrogens with zero attached hydrogens (tertiary/aromatic N) is 4. The summed E-state index contributed by atoms with van der Waals surface area (Å²) in [6.07, 6.45) is 1.64. The second-order valence-corrected chi connectivity index (χ2v) is 4.72. The molecule has 0 aliphatic rings. The lowest BCUT2D eigenvalue weighted by molar-refractivity contribution is -0.133. The Morgan fingerprint density at radius 2 is 2.14 bits per heavy atom. The van der Waals surface area contributed by atoms with Gasteiger partial charge in [0, 0.05) is 14.2 Å². The molecule has 0 saturated carbocycles. The summed E-state index contributed by atoms with van der Waals surface area (Å²) in [4.78, 5) is 15.0. The number of hydrogen-bond acceptors (Lipinski definition) is 5. The number of methoxy groups -OCH3 is 1. The molecule has 1 unspecified atom stereocenters. The van der Waals surface area contributed by atoms with Gasteiger partial charge in [-0.3, -0.25) is 4.79 Å². The van der Waals surface area contributed by atoms with Crippen LogP contribution in [-0.2, 0) is 16.1 Å². The Kier molecular flexibility index (Phi) is 5.02. The van der Waals surface area contributed by atoms with Crippen LogP contribution in [0.2, 0.25) is 0 Å². The fourth-order valence-corrected chi connectivity index (χ4v) is 1.91. The first kappa shape index (κ1) is 15.1. The van der Waals surface area contributed by atoms with Gasteiger partial charge in [-0.25, -0.2) is 0 Å². The van der Waals surface area contributed by atoms with E-state index in [1.54, 1.807) is 13.2 Å². The second-order valence-electron chi connectivity index (χ2n) is 4.72. The third-order valence-electron chi connectivity index (χ3n) is 2.97. The molecule has 7 heteroatoms. The molecule has 0 spiro atoms. The Bertz CT molecular complexity index is 584. The van der Waals surface area contributed by atoms with Gasteiger partial charge >= 0.3 is 0 Å². The molecule has 0 bridgehead atoms. The van der Waals surface area contributed by atoms with Crippen LogP contribution in [0.1, 0.15) is 5.69 Å². The van der Waals surface area contributed by atoms with Crippen molar-refractivity contribution in [2.75, 3.05) is 20.8 Å². The third-order valence-corrected chi connectivity index (χ3v) is 2.97. The molecule has 21 heavy (non-hydrogen) atoms. The predicted octanol–water partition coefficient (Wildman–Crippen LogP) is 0.199. The van der Waals surface area contributed by atoms with Gasteiger partial charge in [0.15, 0.2) is 0 Å². The van der Waals surface area contributed by atoms with Gasteiger partial charge in [0.1, 0.15) is 11.7 Å². The number of hydrogen-bond donors (Lipinski definition) is 1. The van der Waals surface area contributed by atoms with E-state index >= 15 is 0 Å². The van der Waals surface area contributed by atoms with Gasteiger partial charge in [0.2, 0.25) is 5.91 Å². The van der Waals surface area contributed by atoms with Gasteiger partial charge in [-0.2, -0.15) is 15.0 Å². The van der Waals surface area contributed by atoms with Crippen LogP contribution in [0.4, 0.5) is 0 Å². The summed E-state index contributed by atoms with van der Waals surface area (Å²) in [6, 6.07) is 8.91. The first-order valence-corrected chi connectivity index (χ1v) is 6.58. The molecule has 2 N–H and O–H groups in total. The SMILES string of the molecule is COCC(N)C(=O)N(C)Cc1cnn(-c2ccccc2)n1. The Morgan fingerprint density at radius 3 is 2.81 bits per heavy atom. The number of para-hydroxylation sites is 1. The van der Waals surface area contributed by atoms with Crippen molar-refractivity contribution in [3.63, 3.8) is 0 Å². The van der Waals surface area contributed by atoms with E-state index in [2.05, 4.69) is 10.2 Å². The number of carbonyl (C=O) groups excluding carboxylic acids is 1. The van der Waals surface area contributed by atoms with Crippen LogP contribution in [0.25, 0.3) is 5.69 Å². The highest BCUT2D eigenvalue weighted by Crippen LogP contribution is 2.06. The van der Waals surface area contributed by atoms with E-state index in [1.807, 2.05) is 30.3 Å². The van der Waals surface area contributed by atoms with E-state index < -0.39 is 6.04 Å². The summed E-state index contributed by atoms with van der Waals surface area (Å²) in [5.41, 5.74) is 7.28. The zero-order valence-corrected chi connectivity index (χ0v) is 12.1. The van der Waals surface area contributed by atoms with Crippen molar-refractivity contribution >= 4 is 5.91 Å². The first-order valence-electron chi connectivity index (χ1n) is 6.58. The van der Waals surface area contributed by atoms with Crippen molar-refractivity contribution in [1.82, 2.24) is 19.9 Å². The highest BCUT2D eigenvalue weighted by molar-refractivity contribution is 5.81. The van der Waals surface area contributed by atoms with Crippen molar-refractivity contribution < 1.29 is 9.53 Å². The molecule has 112 valence electrons. The Balaban J connectivity index is 2.01. The Hall–Kier alpha value is -2.25. The summed E-state index contributed by atoms with van der Waals surface area (Å²) in [7, 11) is 3.19. The van der Waals surface area contributed by atoms with Gasteiger partial charge in [-0.05, 0) is 12.1 Å². The molecule has 0 saturated heterocycles. The molecule has 2 rings (SSSR count). The number of nitrogens with two attached hydrogens (primary N) is 1. The van der Waals surface area contributed by atoms with E-state index in [1.165, 1.54) is 16.8 Å².